The van der Waals surface area contributed by atoms with Crippen LogP contribution < -0.4 is 10.6 Å². The summed E-state index contributed by atoms with van der Waals surface area (Å²) in [6.45, 7) is 3.39. The second-order valence-corrected chi connectivity index (χ2v) is 8.17. The number of amides is 3. The van der Waals surface area contributed by atoms with Crippen molar-refractivity contribution in [1.29, 1.82) is 0 Å². The summed E-state index contributed by atoms with van der Waals surface area (Å²) in [4.78, 5) is 35.8. The van der Waals surface area contributed by atoms with Crippen LogP contribution in [-0.2, 0) is 0 Å². The lowest BCUT2D eigenvalue weighted by Gasteiger charge is -2.27. The van der Waals surface area contributed by atoms with Crippen molar-refractivity contribution >= 4 is 57.4 Å². The quantitative estimate of drug-likeness (QED) is 0.507. The molecule has 4 rings (SSSR count). The summed E-state index contributed by atoms with van der Waals surface area (Å²) in [5.74, 6) is -0.489. The van der Waals surface area contributed by atoms with Crippen LogP contribution in [0.2, 0.25) is 10.2 Å². The zero-order valence-corrected chi connectivity index (χ0v) is 18.4. The number of aromatic nitrogens is 2. The number of nitrogens with one attached hydrogen (secondary N) is 2. The summed E-state index contributed by atoms with van der Waals surface area (Å²) >= 11 is 12.2. The first kappa shape index (κ1) is 21.3. The Bertz CT molecular complexity index is 1140. The number of hydrogen-bond donors (Lipinski definition) is 2. The van der Waals surface area contributed by atoms with Crippen molar-refractivity contribution < 1.29 is 9.59 Å². The highest BCUT2D eigenvalue weighted by Crippen LogP contribution is 2.31. The predicted molar refractivity (Wildman–Crippen MR) is 123 cm³/mol. The van der Waals surface area contributed by atoms with Gasteiger partial charge in [-0.15, -0.1) is 0 Å². The van der Waals surface area contributed by atoms with Crippen molar-refractivity contribution in [2.24, 2.45) is 0 Å². The highest BCUT2D eigenvalue weighted by molar-refractivity contribution is 6.39. The number of likely N-dealkylation sites (tertiary alicyclic amines) is 1. The third-order valence-electron chi connectivity index (χ3n) is 5.29. The molecule has 1 aliphatic rings. The second kappa shape index (κ2) is 9.08. The summed E-state index contributed by atoms with van der Waals surface area (Å²) in [5, 5.41) is 6.80. The molecule has 1 fully saturated rings. The number of pyridine rings is 2. The van der Waals surface area contributed by atoms with Gasteiger partial charge in [0.15, 0.2) is 0 Å². The van der Waals surface area contributed by atoms with Crippen LogP contribution in [0.25, 0.3) is 10.9 Å². The van der Waals surface area contributed by atoms with Gasteiger partial charge in [0.25, 0.3) is 5.91 Å². The smallest absolute Gasteiger partial charge is 0.321 e. The van der Waals surface area contributed by atoms with E-state index in [1.54, 1.807) is 18.3 Å². The topological polar surface area (TPSA) is 87.2 Å². The van der Waals surface area contributed by atoms with Gasteiger partial charge in [-0.1, -0.05) is 35.3 Å². The Morgan fingerprint density at radius 2 is 1.81 bits per heavy atom. The fraction of sp³-hybridized carbons (Fsp3) is 0.273. The SMILES string of the molecule is Cc1cnc2c(NC(=O)c3c(Cl)ccnc3Cl)cccc2c1NC(=O)N1CCCCC1. The minimum atomic E-state index is -0.489. The van der Waals surface area contributed by atoms with Crippen LogP contribution in [0.15, 0.2) is 36.7 Å². The molecule has 0 saturated carbocycles. The van der Waals surface area contributed by atoms with E-state index in [1.807, 2.05) is 17.9 Å². The molecule has 2 aromatic heterocycles. The van der Waals surface area contributed by atoms with Crippen molar-refractivity contribution in [3.05, 3.63) is 58.0 Å². The molecule has 160 valence electrons. The van der Waals surface area contributed by atoms with E-state index in [1.165, 1.54) is 12.3 Å². The molecular formula is C22H21Cl2N5O2. The molecule has 0 spiro atoms. The van der Waals surface area contributed by atoms with Gasteiger partial charge >= 0.3 is 6.03 Å². The van der Waals surface area contributed by atoms with Crippen molar-refractivity contribution in [2.45, 2.75) is 26.2 Å². The average molecular weight is 458 g/mol. The first-order valence-electron chi connectivity index (χ1n) is 10.0. The summed E-state index contributed by atoms with van der Waals surface area (Å²) in [7, 11) is 0. The van der Waals surface area contributed by atoms with Gasteiger partial charge in [0.1, 0.15) is 5.15 Å². The molecule has 1 aromatic carbocycles. The summed E-state index contributed by atoms with van der Waals surface area (Å²) < 4.78 is 0. The molecule has 3 amide bonds. The van der Waals surface area contributed by atoms with Crippen LogP contribution in [0, 0.1) is 6.92 Å². The Labute approximate surface area is 189 Å². The molecule has 0 radical (unpaired) electrons. The minimum Gasteiger partial charge on any atom is -0.325 e. The van der Waals surface area contributed by atoms with Gasteiger partial charge in [0, 0.05) is 30.9 Å². The highest BCUT2D eigenvalue weighted by atomic mass is 35.5. The third kappa shape index (κ3) is 4.43. The second-order valence-electron chi connectivity index (χ2n) is 7.41. The number of rotatable bonds is 3. The van der Waals surface area contributed by atoms with E-state index in [2.05, 4.69) is 20.6 Å². The molecule has 3 aromatic rings. The predicted octanol–water partition coefficient (Wildman–Crippen LogP) is 5.52. The van der Waals surface area contributed by atoms with Gasteiger partial charge in [0.2, 0.25) is 0 Å². The van der Waals surface area contributed by atoms with E-state index in [9.17, 15) is 9.59 Å². The number of para-hydroxylation sites is 1. The number of fused-ring (bicyclic) bond motifs is 1. The monoisotopic (exact) mass is 457 g/mol. The molecule has 9 heteroatoms. The number of halogens is 2. The molecule has 3 heterocycles. The zero-order chi connectivity index (χ0) is 22.0. The molecule has 7 nitrogen and oxygen atoms in total. The number of benzene rings is 1. The maximum atomic E-state index is 12.8. The summed E-state index contributed by atoms with van der Waals surface area (Å²) in [6.07, 6.45) is 6.28. The number of anilines is 2. The van der Waals surface area contributed by atoms with E-state index < -0.39 is 5.91 Å². The van der Waals surface area contributed by atoms with Crippen LogP contribution >= 0.6 is 23.2 Å². The third-order valence-corrected chi connectivity index (χ3v) is 5.89. The van der Waals surface area contributed by atoms with Gasteiger partial charge in [-0.25, -0.2) is 9.78 Å². The lowest BCUT2D eigenvalue weighted by atomic mass is 10.1. The average Bonchev–Trinajstić information content (AvgIpc) is 2.76. The van der Waals surface area contributed by atoms with Crippen molar-refractivity contribution in [1.82, 2.24) is 14.9 Å². The number of carbonyl (C=O) groups excluding carboxylic acids is 2. The van der Waals surface area contributed by atoms with Crippen molar-refractivity contribution in [3.63, 3.8) is 0 Å². The Balaban J connectivity index is 1.66. The normalized spacial score (nSPS) is 13.8. The van der Waals surface area contributed by atoms with Gasteiger partial charge in [-0.2, -0.15) is 0 Å². The van der Waals surface area contributed by atoms with Crippen LogP contribution in [0.4, 0.5) is 16.2 Å². The Morgan fingerprint density at radius 3 is 2.55 bits per heavy atom. The van der Waals surface area contributed by atoms with E-state index in [0.29, 0.717) is 16.9 Å². The molecule has 0 aliphatic carbocycles. The maximum Gasteiger partial charge on any atom is 0.321 e. The number of nitrogens with zero attached hydrogens (tertiary/aromatic N) is 3. The number of piperidine rings is 1. The lowest BCUT2D eigenvalue weighted by Crippen LogP contribution is -2.38. The van der Waals surface area contributed by atoms with E-state index in [-0.39, 0.29) is 21.8 Å². The Morgan fingerprint density at radius 1 is 1.03 bits per heavy atom. The molecular weight excluding hydrogens is 437 g/mol. The van der Waals surface area contributed by atoms with Gasteiger partial charge in [-0.3, -0.25) is 9.78 Å². The van der Waals surface area contributed by atoms with Gasteiger partial charge in [0.05, 0.1) is 27.5 Å². The molecule has 1 aliphatic heterocycles. The standard InChI is InChI=1S/C22H21Cl2N5O2/c1-13-12-26-19-14(18(13)28-22(31)29-10-3-2-4-11-29)6-5-7-16(19)27-21(30)17-15(23)8-9-25-20(17)24/h5-9,12H,2-4,10-11H2,1H3,(H,27,30)(H,26,28,31). The fourth-order valence-corrected chi connectivity index (χ4v) is 4.20. The fourth-order valence-electron chi connectivity index (χ4n) is 3.67. The van der Waals surface area contributed by atoms with Crippen LogP contribution in [-0.4, -0.2) is 39.9 Å². The molecule has 1 saturated heterocycles. The largest absolute Gasteiger partial charge is 0.325 e. The first-order valence-corrected chi connectivity index (χ1v) is 10.8. The maximum absolute atomic E-state index is 12.8. The summed E-state index contributed by atoms with van der Waals surface area (Å²) in [5.41, 5.74) is 2.63. The van der Waals surface area contributed by atoms with E-state index >= 15 is 0 Å². The van der Waals surface area contributed by atoms with E-state index in [4.69, 9.17) is 23.2 Å². The van der Waals surface area contributed by atoms with Gasteiger partial charge in [-0.05, 0) is 43.9 Å². The van der Waals surface area contributed by atoms with Crippen LogP contribution in [0.1, 0.15) is 35.2 Å². The molecule has 2 N–H and O–H groups in total. The van der Waals surface area contributed by atoms with Crippen molar-refractivity contribution in [2.75, 3.05) is 23.7 Å². The Hall–Kier alpha value is -2.90. The van der Waals surface area contributed by atoms with Crippen LogP contribution in [0.5, 0.6) is 0 Å². The molecule has 0 bridgehead atoms. The molecule has 31 heavy (non-hydrogen) atoms. The number of hydrogen-bond acceptors (Lipinski definition) is 4. The minimum absolute atomic E-state index is 0.0172. The van der Waals surface area contributed by atoms with E-state index in [0.717, 1.165) is 43.3 Å². The van der Waals surface area contributed by atoms with Crippen molar-refractivity contribution in [3.8, 4) is 0 Å². The zero-order valence-electron chi connectivity index (χ0n) is 16.9. The number of urea groups is 1. The van der Waals surface area contributed by atoms with Gasteiger partial charge < -0.3 is 15.5 Å². The molecule has 0 atom stereocenters. The summed E-state index contributed by atoms with van der Waals surface area (Å²) in [6, 6.07) is 6.76. The number of carbonyl (C=O) groups is 2. The van der Waals surface area contributed by atoms with Crippen LogP contribution in [0.3, 0.4) is 0 Å². The Kier molecular flexibility index (Phi) is 6.25. The molecule has 0 unspecified atom stereocenters. The number of aryl methyl sites for hydroxylation is 1. The first-order chi connectivity index (χ1) is 15.0. The lowest BCUT2D eigenvalue weighted by molar-refractivity contribution is 0.102. The highest BCUT2D eigenvalue weighted by Gasteiger charge is 2.20.